The minimum Gasteiger partial charge on any atom is -0.383 e. The normalized spacial score (nSPS) is 23.2. The van der Waals surface area contributed by atoms with Crippen molar-refractivity contribution in [1.82, 2.24) is 14.7 Å². The van der Waals surface area contributed by atoms with Gasteiger partial charge in [-0.3, -0.25) is 24.1 Å². The Morgan fingerprint density at radius 3 is 2.55 bits per heavy atom. The number of likely N-dealkylation sites (tertiary alicyclic amines) is 1. The Morgan fingerprint density at radius 1 is 1.18 bits per heavy atom. The molecule has 10 heteroatoms. The van der Waals surface area contributed by atoms with Crippen LogP contribution in [0.3, 0.4) is 0 Å². The lowest BCUT2D eigenvalue weighted by molar-refractivity contribution is -0.154. The van der Waals surface area contributed by atoms with Crippen LogP contribution in [0.2, 0.25) is 5.02 Å². The van der Waals surface area contributed by atoms with Gasteiger partial charge >= 0.3 is 0 Å². The van der Waals surface area contributed by atoms with Gasteiger partial charge in [-0.15, -0.1) is 0 Å². The molecular formula is C23H25ClFN3O5. The third-order valence-electron chi connectivity index (χ3n) is 6.33. The summed E-state index contributed by atoms with van der Waals surface area (Å²) in [5.41, 5.74) is 1.15. The summed E-state index contributed by atoms with van der Waals surface area (Å²) in [7, 11) is 1.52. The van der Waals surface area contributed by atoms with Gasteiger partial charge in [0, 0.05) is 26.7 Å². The molecule has 0 spiro atoms. The Morgan fingerprint density at radius 2 is 1.91 bits per heavy atom. The molecule has 3 amide bonds. The van der Waals surface area contributed by atoms with Crippen molar-refractivity contribution in [2.45, 2.75) is 33.0 Å². The summed E-state index contributed by atoms with van der Waals surface area (Å²) in [6.45, 7) is 4.67. The van der Waals surface area contributed by atoms with E-state index in [4.69, 9.17) is 16.3 Å². The van der Waals surface area contributed by atoms with Gasteiger partial charge in [0.25, 0.3) is 11.8 Å². The highest BCUT2D eigenvalue weighted by Gasteiger charge is 2.56. The Bertz CT molecular complexity index is 1070. The number of amides is 3. The van der Waals surface area contributed by atoms with E-state index < -0.39 is 35.5 Å². The number of methoxy groups -OCH3 is 1. The van der Waals surface area contributed by atoms with Crippen LogP contribution in [0.4, 0.5) is 4.39 Å². The molecule has 176 valence electrons. The van der Waals surface area contributed by atoms with Crippen LogP contribution in [0.5, 0.6) is 0 Å². The summed E-state index contributed by atoms with van der Waals surface area (Å²) in [6, 6.07) is 4.15. The molecule has 1 aromatic rings. The molecule has 2 atom stereocenters. The SMILES string of the molecule is COCCN1C(=O)C2=C3CCN(Cc4ccc(F)c(Cl)c4)C(=O)C3C(=O)C(=O)N2C1C(C)C. The molecular weight excluding hydrogens is 453 g/mol. The third kappa shape index (κ3) is 3.83. The largest absolute Gasteiger partial charge is 0.383 e. The summed E-state index contributed by atoms with van der Waals surface area (Å²) < 4.78 is 18.6. The van der Waals surface area contributed by atoms with Crippen molar-refractivity contribution in [3.05, 3.63) is 45.9 Å². The molecule has 0 aromatic heterocycles. The number of nitrogens with zero attached hydrogens (tertiary/aromatic N) is 3. The summed E-state index contributed by atoms with van der Waals surface area (Å²) in [5.74, 6) is -4.57. The van der Waals surface area contributed by atoms with Gasteiger partial charge < -0.3 is 14.5 Å². The van der Waals surface area contributed by atoms with Gasteiger partial charge in [-0.25, -0.2) is 4.39 Å². The predicted molar refractivity (Wildman–Crippen MR) is 116 cm³/mol. The van der Waals surface area contributed by atoms with E-state index >= 15 is 0 Å². The van der Waals surface area contributed by atoms with E-state index in [2.05, 4.69) is 0 Å². The summed E-state index contributed by atoms with van der Waals surface area (Å²) in [6.07, 6.45) is -0.327. The Labute approximate surface area is 195 Å². The smallest absolute Gasteiger partial charge is 0.297 e. The van der Waals surface area contributed by atoms with Crippen molar-refractivity contribution < 1.29 is 28.3 Å². The molecule has 3 heterocycles. The van der Waals surface area contributed by atoms with Gasteiger partial charge in [-0.05, 0) is 35.6 Å². The molecule has 0 N–H and O–H groups in total. The highest BCUT2D eigenvalue weighted by atomic mass is 35.5. The van der Waals surface area contributed by atoms with Crippen molar-refractivity contribution in [2.75, 3.05) is 26.8 Å². The van der Waals surface area contributed by atoms with E-state index in [9.17, 15) is 23.6 Å². The zero-order valence-corrected chi connectivity index (χ0v) is 19.4. The number of rotatable bonds is 6. The van der Waals surface area contributed by atoms with Crippen LogP contribution in [0, 0.1) is 17.7 Å². The lowest BCUT2D eigenvalue weighted by Gasteiger charge is -2.39. The van der Waals surface area contributed by atoms with Crippen molar-refractivity contribution in [1.29, 1.82) is 0 Å². The van der Waals surface area contributed by atoms with E-state index in [0.29, 0.717) is 11.1 Å². The summed E-state index contributed by atoms with van der Waals surface area (Å²) >= 11 is 5.85. The first-order chi connectivity index (χ1) is 15.7. The second-order valence-electron chi connectivity index (χ2n) is 8.75. The van der Waals surface area contributed by atoms with Crippen molar-refractivity contribution >= 4 is 35.1 Å². The van der Waals surface area contributed by atoms with Gasteiger partial charge in [-0.2, -0.15) is 0 Å². The molecule has 2 fully saturated rings. The molecule has 2 unspecified atom stereocenters. The topological polar surface area (TPSA) is 87.2 Å². The highest BCUT2D eigenvalue weighted by Crippen LogP contribution is 2.41. The summed E-state index contributed by atoms with van der Waals surface area (Å²) in [5, 5.41) is -0.0632. The Balaban J connectivity index is 1.69. The van der Waals surface area contributed by atoms with Crippen LogP contribution >= 0.6 is 11.6 Å². The van der Waals surface area contributed by atoms with Crippen molar-refractivity contribution in [3.8, 4) is 0 Å². The molecule has 1 aromatic carbocycles. The fourth-order valence-electron chi connectivity index (χ4n) is 4.85. The maximum absolute atomic E-state index is 13.5. The number of benzene rings is 1. The lowest BCUT2D eigenvalue weighted by atomic mass is 9.82. The number of ether oxygens (including phenoxy) is 1. The first-order valence-electron chi connectivity index (χ1n) is 10.8. The number of piperidine rings is 1. The number of fused-ring (bicyclic) bond motifs is 2. The second kappa shape index (κ2) is 8.87. The number of Topliss-reactive ketones (excluding diaryl/α,β-unsaturated/α-hetero) is 1. The van der Waals surface area contributed by atoms with E-state index in [0.717, 1.165) is 0 Å². The monoisotopic (exact) mass is 477 g/mol. The van der Waals surface area contributed by atoms with E-state index in [1.54, 1.807) is 4.90 Å². The van der Waals surface area contributed by atoms with Crippen LogP contribution < -0.4 is 0 Å². The van der Waals surface area contributed by atoms with Gasteiger partial charge in [-0.1, -0.05) is 31.5 Å². The van der Waals surface area contributed by atoms with E-state index in [1.165, 1.54) is 35.1 Å². The third-order valence-corrected chi connectivity index (χ3v) is 6.62. The van der Waals surface area contributed by atoms with Gasteiger partial charge in [0.2, 0.25) is 11.7 Å². The zero-order valence-electron chi connectivity index (χ0n) is 18.6. The molecule has 0 saturated carbocycles. The van der Waals surface area contributed by atoms with Gasteiger partial charge in [0.1, 0.15) is 23.6 Å². The first kappa shape index (κ1) is 23.4. The number of hydrogen-bond donors (Lipinski definition) is 0. The van der Waals surface area contributed by atoms with Crippen molar-refractivity contribution in [3.63, 3.8) is 0 Å². The molecule has 0 aliphatic carbocycles. The van der Waals surface area contributed by atoms with Gasteiger partial charge in [0.15, 0.2) is 0 Å². The Hall–Kier alpha value is -2.78. The Kier molecular flexibility index (Phi) is 6.28. The number of ketones is 1. The van der Waals surface area contributed by atoms with Crippen LogP contribution in [0.25, 0.3) is 0 Å². The molecule has 3 aliphatic rings. The molecule has 8 nitrogen and oxygen atoms in total. The van der Waals surface area contributed by atoms with E-state index in [1.807, 2.05) is 13.8 Å². The molecule has 0 bridgehead atoms. The maximum Gasteiger partial charge on any atom is 0.297 e. The molecule has 0 radical (unpaired) electrons. The number of carbonyl (C=O) groups is 4. The minimum absolute atomic E-state index is 0.0632. The average molecular weight is 478 g/mol. The fraction of sp³-hybridized carbons (Fsp3) is 0.478. The van der Waals surface area contributed by atoms with Crippen LogP contribution in [-0.4, -0.2) is 71.2 Å². The highest BCUT2D eigenvalue weighted by molar-refractivity contribution is 6.43. The second-order valence-corrected chi connectivity index (χ2v) is 9.16. The zero-order chi connectivity index (χ0) is 24.0. The quantitative estimate of drug-likeness (QED) is 0.462. The van der Waals surface area contributed by atoms with Gasteiger partial charge in [0.05, 0.1) is 11.6 Å². The summed E-state index contributed by atoms with van der Waals surface area (Å²) in [4.78, 5) is 57.1. The van der Waals surface area contributed by atoms with Crippen LogP contribution in [0.15, 0.2) is 29.5 Å². The molecule has 4 rings (SSSR count). The first-order valence-corrected chi connectivity index (χ1v) is 11.2. The lowest BCUT2D eigenvalue weighted by Crippen LogP contribution is -2.56. The number of hydrogen-bond acceptors (Lipinski definition) is 5. The molecule has 2 saturated heterocycles. The van der Waals surface area contributed by atoms with E-state index in [-0.39, 0.29) is 55.2 Å². The standard InChI is InChI=1S/C23H25ClFN3O5/c1-12(2)20-27(8-9-33-3)22(31)18-14-6-7-26(11-13-4-5-16(25)15(24)10-13)21(30)17(14)19(29)23(32)28(18)20/h4-5,10,12,17,20H,6-9,11H2,1-3H3. The molecule has 33 heavy (non-hydrogen) atoms. The average Bonchev–Trinajstić information content (AvgIpc) is 3.07. The molecule has 3 aliphatic heterocycles. The number of halogens is 2. The minimum atomic E-state index is -1.31. The van der Waals surface area contributed by atoms with Crippen molar-refractivity contribution in [2.24, 2.45) is 11.8 Å². The van der Waals surface area contributed by atoms with Crippen LogP contribution in [0.1, 0.15) is 25.8 Å². The predicted octanol–water partition coefficient (Wildman–Crippen LogP) is 1.96. The maximum atomic E-state index is 13.5. The fourth-order valence-corrected chi connectivity index (χ4v) is 5.05. The number of carbonyl (C=O) groups excluding carboxylic acids is 4. The van der Waals surface area contributed by atoms with Crippen LogP contribution in [-0.2, 0) is 30.5 Å².